The van der Waals surface area contributed by atoms with Gasteiger partial charge in [0.15, 0.2) is 5.82 Å². The second kappa shape index (κ2) is 11.5. The number of methoxy groups -OCH3 is 1. The molecule has 0 amide bonds. The number of aromatic hydroxyl groups is 1. The van der Waals surface area contributed by atoms with Gasteiger partial charge in [-0.05, 0) is 75.6 Å². The smallest absolute Gasteiger partial charge is 0.319 e. The van der Waals surface area contributed by atoms with Gasteiger partial charge in [-0.2, -0.15) is 9.97 Å². The second-order valence-electron chi connectivity index (χ2n) is 13.2. The van der Waals surface area contributed by atoms with Gasteiger partial charge in [0.25, 0.3) is 0 Å². The molecule has 3 unspecified atom stereocenters. The number of phenolic OH excluding ortho intramolecular Hbond substituents is 1. The van der Waals surface area contributed by atoms with Crippen molar-refractivity contribution in [3.63, 3.8) is 0 Å². The van der Waals surface area contributed by atoms with Crippen molar-refractivity contribution in [3.8, 4) is 41.2 Å². The average molecular weight is 630 g/mol. The van der Waals surface area contributed by atoms with E-state index in [2.05, 4.69) is 21.2 Å². The molecule has 3 atom stereocenters. The first-order valence-corrected chi connectivity index (χ1v) is 15.8. The van der Waals surface area contributed by atoms with Gasteiger partial charge in [0.1, 0.15) is 34.0 Å². The lowest BCUT2D eigenvalue weighted by Crippen LogP contribution is -2.49. The van der Waals surface area contributed by atoms with Gasteiger partial charge in [0.05, 0.1) is 24.9 Å². The van der Waals surface area contributed by atoms with Crippen molar-refractivity contribution in [2.24, 2.45) is 5.41 Å². The number of nitrogens with one attached hydrogen (secondary N) is 1. The van der Waals surface area contributed by atoms with Crippen molar-refractivity contribution < 1.29 is 28.5 Å². The molecule has 3 aliphatic rings. The zero-order valence-corrected chi connectivity index (χ0v) is 26.0. The molecular formula is C35H37F2N5O4. The number of β-amino-alcohol motifs (C(OH)–C–C–N with tert-alkyl or cyclic N) is 1. The summed E-state index contributed by atoms with van der Waals surface area (Å²) in [5, 5.41) is 26.1. The minimum Gasteiger partial charge on any atom is -0.508 e. The Balaban J connectivity index is 1.44. The summed E-state index contributed by atoms with van der Waals surface area (Å²) in [5.74, 6) is 1.07. The summed E-state index contributed by atoms with van der Waals surface area (Å²) in [6.45, 7) is 3.94. The fraction of sp³-hybridized carbons (Fsp3) is 0.457. The van der Waals surface area contributed by atoms with Gasteiger partial charge in [-0.1, -0.05) is 18.4 Å². The molecule has 4 aromatic rings. The van der Waals surface area contributed by atoms with E-state index in [1.54, 1.807) is 6.92 Å². The van der Waals surface area contributed by atoms with Crippen LogP contribution in [0.4, 0.5) is 14.6 Å². The van der Waals surface area contributed by atoms with Crippen LogP contribution in [0.5, 0.6) is 17.6 Å². The number of anilines is 1. The van der Waals surface area contributed by atoms with Crippen molar-refractivity contribution >= 4 is 27.5 Å². The minimum absolute atomic E-state index is 0.00698. The summed E-state index contributed by atoms with van der Waals surface area (Å²) in [5.41, 5.74) is -1.37. The summed E-state index contributed by atoms with van der Waals surface area (Å²) in [4.78, 5) is 15.8. The molecule has 3 fully saturated rings. The lowest BCUT2D eigenvalue weighted by molar-refractivity contribution is 0.0446. The van der Waals surface area contributed by atoms with Crippen molar-refractivity contribution in [1.82, 2.24) is 20.3 Å². The van der Waals surface area contributed by atoms with E-state index in [0.29, 0.717) is 43.2 Å². The molecule has 2 aromatic carbocycles. The first-order chi connectivity index (χ1) is 22.1. The molecule has 4 heterocycles. The molecule has 3 N–H and O–H groups in total. The Morgan fingerprint density at radius 3 is 2.72 bits per heavy atom. The first-order valence-electron chi connectivity index (χ1n) is 15.8. The maximum absolute atomic E-state index is 17.0. The lowest BCUT2D eigenvalue weighted by atomic mass is 9.76. The monoisotopic (exact) mass is 629 g/mol. The zero-order chi connectivity index (χ0) is 32.2. The van der Waals surface area contributed by atoms with E-state index >= 15 is 4.39 Å². The minimum atomic E-state index is -0.990. The molecule has 2 saturated heterocycles. The van der Waals surface area contributed by atoms with Crippen molar-refractivity contribution in [2.75, 3.05) is 38.3 Å². The third-order valence-corrected chi connectivity index (χ3v) is 9.97. The molecular weight excluding hydrogens is 592 g/mol. The van der Waals surface area contributed by atoms with Crippen LogP contribution in [-0.4, -0.2) is 70.2 Å². The predicted octanol–water partition coefficient (Wildman–Crippen LogP) is 5.47. The highest BCUT2D eigenvalue weighted by molar-refractivity contribution is 6.04. The van der Waals surface area contributed by atoms with E-state index in [4.69, 9.17) is 20.9 Å². The molecule has 1 aliphatic carbocycles. The highest BCUT2D eigenvalue weighted by atomic mass is 19.1. The molecule has 9 nitrogen and oxygen atoms in total. The van der Waals surface area contributed by atoms with E-state index in [-0.39, 0.29) is 62.7 Å². The quantitative estimate of drug-likeness (QED) is 0.239. The third-order valence-electron chi connectivity index (χ3n) is 9.97. The molecule has 0 bridgehead atoms. The van der Waals surface area contributed by atoms with Crippen LogP contribution >= 0.6 is 0 Å². The van der Waals surface area contributed by atoms with Gasteiger partial charge in [-0.25, -0.2) is 13.8 Å². The van der Waals surface area contributed by atoms with Crippen LogP contribution in [0.1, 0.15) is 57.4 Å². The predicted molar refractivity (Wildman–Crippen MR) is 171 cm³/mol. The Kier molecular flexibility index (Phi) is 7.60. The Bertz CT molecular complexity index is 1890. The number of terminal acetylenes is 1. The van der Waals surface area contributed by atoms with Gasteiger partial charge < -0.3 is 29.9 Å². The van der Waals surface area contributed by atoms with Crippen LogP contribution in [0.15, 0.2) is 24.3 Å². The van der Waals surface area contributed by atoms with Crippen LogP contribution < -0.4 is 19.7 Å². The standard InChI is InChI=1S/C35H37F2N5O4/c1-4-22-24(36)10-9-20-16-21(43)17-23(26(20)22)29-28(37)30-27(32(39-29)45-3)31(42-15-7-11-34(2,44)18-42)41-33(40-30)46-19-35-12-5-8-25(35)38-14-6-13-35/h1,9-10,16-17,25,38,43-44H,5-8,11-15,18-19H2,2-3H3. The fourth-order valence-electron chi connectivity index (χ4n) is 7.80. The van der Waals surface area contributed by atoms with E-state index in [0.717, 1.165) is 38.6 Å². The summed E-state index contributed by atoms with van der Waals surface area (Å²) in [6.07, 6.45) is 12.3. The molecule has 11 heteroatoms. The molecule has 0 radical (unpaired) electrons. The van der Waals surface area contributed by atoms with E-state index < -0.39 is 17.2 Å². The van der Waals surface area contributed by atoms with Gasteiger partial charge in [0.2, 0.25) is 5.88 Å². The number of aliphatic hydroxyl groups is 1. The molecule has 240 valence electrons. The second-order valence-corrected chi connectivity index (χ2v) is 13.2. The molecule has 46 heavy (non-hydrogen) atoms. The third kappa shape index (κ3) is 5.13. The molecule has 2 aromatic heterocycles. The number of nitrogens with zero attached hydrogens (tertiary/aromatic N) is 4. The number of rotatable bonds is 6. The number of piperidine rings is 2. The molecule has 7 rings (SSSR count). The van der Waals surface area contributed by atoms with Crippen LogP contribution in [0.3, 0.4) is 0 Å². The van der Waals surface area contributed by atoms with Gasteiger partial charge in [-0.3, -0.25) is 0 Å². The Labute approximate surface area is 266 Å². The normalized spacial score (nSPS) is 24.6. The largest absolute Gasteiger partial charge is 0.508 e. The van der Waals surface area contributed by atoms with Crippen LogP contribution in [0.25, 0.3) is 32.9 Å². The van der Waals surface area contributed by atoms with E-state index in [9.17, 15) is 14.6 Å². The number of hydrogen-bond acceptors (Lipinski definition) is 9. The van der Waals surface area contributed by atoms with Crippen molar-refractivity contribution in [1.29, 1.82) is 0 Å². The number of fused-ring (bicyclic) bond motifs is 3. The zero-order valence-electron chi connectivity index (χ0n) is 26.0. The maximum Gasteiger partial charge on any atom is 0.319 e. The summed E-state index contributed by atoms with van der Waals surface area (Å²) < 4.78 is 44.0. The Morgan fingerprint density at radius 2 is 1.93 bits per heavy atom. The van der Waals surface area contributed by atoms with E-state index in [1.807, 2.05) is 4.90 Å². The Morgan fingerprint density at radius 1 is 1.11 bits per heavy atom. The lowest BCUT2D eigenvalue weighted by Gasteiger charge is -2.40. The number of ether oxygens (including phenoxy) is 2. The first kappa shape index (κ1) is 30.4. The molecule has 1 saturated carbocycles. The number of halogens is 2. The van der Waals surface area contributed by atoms with Crippen LogP contribution in [0, 0.1) is 29.4 Å². The number of pyridine rings is 1. The topological polar surface area (TPSA) is 113 Å². The number of phenols is 1. The van der Waals surface area contributed by atoms with Crippen LogP contribution in [-0.2, 0) is 0 Å². The van der Waals surface area contributed by atoms with Crippen LogP contribution in [0.2, 0.25) is 0 Å². The highest BCUT2D eigenvalue weighted by Gasteiger charge is 2.45. The number of aromatic nitrogens is 3. The average Bonchev–Trinajstić information content (AvgIpc) is 3.47. The van der Waals surface area contributed by atoms with E-state index in [1.165, 1.54) is 31.4 Å². The maximum atomic E-state index is 17.0. The van der Waals surface area contributed by atoms with Gasteiger partial charge >= 0.3 is 6.01 Å². The summed E-state index contributed by atoms with van der Waals surface area (Å²) in [7, 11) is 1.41. The van der Waals surface area contributed by atoms with Crippen molar-refractivity contribution in [3.05, 3.63) is 41.5 Å². The van der Waals surface area contributed by atoms with Gasteiger partial charge in [-0.15, -0.1) is 6.42 Å². The number of hydrogen-bond donors (Lipinski definition) is 3. The van der Waals surface area contributed by atoms with Crippen molar-refractivity contribution in [2.45, 2.75) is 63.5 Å². The SMILES string of the molecule is C#Cc1c(F)ccc2cc(O)cc(-c3nc(OC)c4c(N5CCCC(C)(O)C5)nc(OCC56CCCNC5CCC6)nc4c3F)c12. The summed E-state index contributed by atoms with van der Waals surface area (Å²) >= 11 is 0. The number of benzene rings is 2. The highest BCUT2D eigenvalue weighted by Crippen LogP contribution is 2.46. The fourth-order valence-corrected chi connectivity index (χ4v) is 7.80. The van der Waals surface area contributed by atoms with Gasteiger partial charge in [0, 0.05) is 35.5 Å². The Hall–Kier alpha value is -4.27. The molecule has 0 spiro atoms. The molecule has 2 aliphatic heterocycles. The summed E-state index contributed by atoms with van der Waals surface area (Å²) in [6, 6.07) is 5.76.